The van der Waals surface area contributed by atoms with E-state index in [9.17, 15) is 4.79 Å². The number of carbonyl (C=O) groups is 1. The van der Waals surface area contributed by atoms with Gasteiger partial charge < -0.3 is 9.30 Å². The van der Waals surface area contributed by atoms with Crippen molar-refractivity contribution in [1.29, 1.82) is 0 Å². The molecule has 1 amide bonds. The second-order valence-electron chi connectivity index (χ2n) is 6.76. The van der Waals surface area contributed by atoms with E-state index >= 15 is 0 Å². The molecule has 5 heterocycles. The van der Waals surface area contributed by atoms with Crippen LogP contribution in [-0.4, -0.2) is 42.8 Å². The molecule has 5 rings (SSSR count). The first kappa shape index (κ1) is 16.3. The normalized spacial score (nSPS) is 14.3. The van der Waals surface area contributed by atoms with Gasteiger partial charge in [-0.25, -0.2) is 9.97 Å². The van der Waals surface area contributed by atoms with Gasteiger partial charge in [-0.15, -0.1) is 11.3 Å². The van der Waals surface area contributed by atoms with Gasteiger partial charge in [-0.3, -0.25) is 9.36 Å². The van der Waals surface area contributed by atoms with Crippen molar-refractivity contribution in [2.75, 3.05) is 13.1 Å². The first-order valence-electron chi connectivity index (χ1n) is 9.08. The van der Waals surface area contributed by atoms with Gasteiger partial charge in [0.1, 0.15) is 11.5 Å². The molecule has 0 bridgehead atoms. The Hall–Kier alpha value is -2.93. The molecule has 0 aromatic carbocycles. The molecule has 1 aliphatic heterocycles. The Morgan fingerprint density at radius 2 is 2.07 bits per heavy atom. The van der Waals surface area contributed by atoms with Gasteiger partial charge in [-0.1, -0.05) is 6.07 Å². The number of aromatic nitrogens is 4. The zero-order valence-electron chi connectivity index (χ0n) is 15.0. The van der Waals surface area contributed by atoms with Crippen molar-refractivity contribution in [3.8, 4) is 16.5 Å². The zero-order chi connectivity index (χ0) is 18.4. The summed E-state index contributed by atoms with van der Waals surface area (Å²) in [6.07, 6.45) is 7.94. The summed E-state index contributed by atoms with van der Waals surface area (Å²) in [5.41, 5.74) is 3.43. The fourth-order valence-corrected chi connectivity index (χ4v) is 4.40. The lowest BCUT2D eigenvalue weighted by Gasteiger charge is -2.14. The third-order valence-corrected chi connectivity index (χ3v) is 5.84. The zero-order valence-corrected chi connectivity index (χ0v) is 15.8. The van der Waals surface area contributed by atoms with Crippen LogP contribution in [-0.2, 0) is 0 Å². The molecule has 0 saturated carbocycles. The standard InChI is InChI=1S/C20H19N5OS/c1-14-22-16(13-25(14)20-21-7-11-27-20)18-12-15(17-6-2-3-10-24(17)18)19(26)23-8-4-5-9-23/h2-3,6-7,10-13H,4-5,8-9H2,1H3. The van der Waals surface area contributed by atoms with Gasteiger partial charge in [0, 0.05) is 37.1 Å². The molecule has 0 N–H and O–H groups in total. The predicted octanol–water partition coefficient (Wildman–Crippen LogP) is 3.79. The van der Waals surface area contributed by atoms with Crippen LogP contribution in [0.15, 0.2) is 48.2 Å². The summed E-state index contributed by atoms with van der Waals surface area (Å²) in [4.78, 5) is 24.1. The molecule has 1 fully saturated rings. The Labute approximate surface area is 160 Å². The van der Waals surface area contributed by atoms with Crippen molar-refractivity contribution < 1.29 is 4.79 Å². The SMILES string of the molecule is Cc1nc(-c2cc(C(=O)N3CCCC3)c3ccccn23)cn1-c1nccs1. The lowest BCUT2D eigenvalue weighted by Crippen LogP contribution is -2.27. The number of thiazole rings is 1. The van der Waals surface area contributed by atoms with Crippen molar-refractivity contribution >= 4 is 22.8 Å². The van der Waals surface area contributed by atoms with Gasteiger partial charge in [0.25, 0.3) is 5.91 Å². The van der Waals surface area contributed by atoms with Crippen LogP contribution in [0.4, 0.5) is 0 Å². The third-order valence-electron chi connectivity index (χ3n) is 5.07. The summed E-state index contributed by atoms with van der Waals surface area (Å²) >= 11 is 1.57. The van der Waals surface area contributed by atoms with E-state index < -0.39 is 0 Å². The van der Waals surface area contributed by atoms with Crippen molar-refractivity contribution in [1.82, 2.24) is 23.8 Å². The number of rotatable bonds is 3. The van der Waals surface area contributed by atoms with Crippen LogP contribution in [0.3, 0.4) is 0 Å². The summed E-state index contributed by atoms with van der Waals surface area (Å²) in [5, 5.41) is 2.84. The number of nitrogens with zero attached hydrogens (tertiary/aromatic N) is 5. The van der Waals surface area contributed by atoms with Crippen LogP contribution < -0.4 is 0 Å². The molecule has 27 heavy (non-hydrogen) atoms. The van der Waals surface area contributed by atoms with E-state index in [0.29, 0.717) is 0 Å². The number of hydrogen-bond donors (Lipinski definition) is 0. The average molecular weight is 377 g/mol. The smallest absolute Gasteiger partial charge is 0.256 e. The van der Waals surface area contributed by atoms with E-state index in [0.717, 1.165) is 59.4 Å². The molecule has 0 aliphatic carbocycles. The van der Waals surface area contributed by atoms with E-state index in [1.807, 2.05) is 58.4 Å². The summed E-state index contributed by atoms with van der Waals surface area (Å²) in [5.74, 6) is 0.983. The lowest BCUT2D eigenvalue weighted by molar-refractivity contribution is 0.0795. The first-order chi connectivity index (χ1) is 13.2. The summed E-state index contributed by atoms with van der Waals surface area (Å²) in [6, 6.07) is 7.92. The first-order valence-corrected chi connectivity index (χ1v) is 9.96. The maximum atomic E-state index is 13.0. The average Bonchev–Trinajstić information content (AvgIpc) is 3.46. The molecular weight excluding hydrogens is 358 g/mol. The maximum Gasteiger partial charge on any atom is 0.256 e. The second-order valence-corrected chi connectivity index (χ2v) is 7.63. The molecule has 4 aromatic heterocycles. The largest absolute Gasteiger partial charge is 0.339 e. The van der Waals surface area contributed by atoms with Gasteiger partial charge in [-0.2, -0.15) is 0 Å². The van der Waals surface area contributed by atoms with Crippen LogP contribution in [0.2, 0.25) is 0 Å². The number of carbonyl (C=O) groups excluding carboxylic acids is 1. The van der Waals surface area contributed by atoms with Gasteiger partial charge in [0.15, 0.2) is 5.13 Å². The number of hydrogen-bond acceptors (Lipinski definition) is 4. The minimum absolute atomic E-state index is 0.110. The van der Waals surface area contributed by atoms with E-state index in [2.05, 4.69) is 9.38 Å². The number of pyridine rings is 1. The Balaban J connectivity index is 1.64. The van der Waals surface area contributed by atoms with Gasteiger partial charge >= 0.3 is 0 Å². The number of likely N-dealkylation sites (tertiary alicyclic amines) is 1. The molecule has 6 nitrogen and oxygen atoms in total. The quantitative estimate of drug-likeness (QED) is 0.546. The molecule has 4 aromatic rings. The fraction of sp³-hybridized carbons (Fsp3) is 0.250. The molecule has 7 heteroatoms. The summed E-state index contributed by atoms with van der Waals surface area (Å²) in [7, 11) is 0. The highest BCUT2D eigenvalue weighted by Crippen LogP contribution is 2.28. The van der Waals surface area contributed by atoms with Gasteiger partial charge in [0.05, 0.1) is 16.8 Å². The van der Waals surface area contributed by atoms with Crippen LogP contribution in [0.1, 0.15) is 29.0 Å². The highest BCUT2D eigenvalue weighted by molar-refractivity contribution is 7.12. The fourth-order valence-electron chi connectivity index (χ4n) is 3.74. The van der Waals surface area contributed by atoms with Crippen LogP contribution >= 0.6 is 11.3 Å². The number of imidazole rings is 1. The summed E-state index contributed by atoms with van der Waals surface area (Å²) < 4.78 is 4.04. The minimum atomic E-state index is 0.110. The number of amides is 1. The molecule has 0 unspecified atom stereocenters. The monoisotopic (exact) mass is 377 g/mol. The Morgan fingerprint density at radius 1 is 1.22 bits per heavy atom. The Bertz CT molecular complexity index is 1120. The Morgan fingerprint density at radius 3 is 2.85 bits per heavy atom. The highest BCUT2D eigenvalue weighted by Gasteiger charge is 2.24. The molecule has 0 spiro atoms. The number of fused-ring (bicyclic) bond motifs is 1. The van der Waals surface area contributed by atoms with Gasteiger partial charge in [0.2, 0.25) is 0 Å². The molecule has 136 valence electrons. The number of aryl methyl sites for hydroxylation is 1. The Kier molecular flexibility index (Phi) is 3.82. The van der Waals surface area contributed by atoms with Crippen molar-refractivity contribution in [3.05, 3.63) is 59.6 Å². The van der Waals surface area contributed by atoms with Gasteiger partial charge in [-0.05, 0) is 38.0 Å². The van der Waals surface area contributed by atoms with Crippen LogP contribution in [0, 0.1) is 6.92 Å². The lowest BCUT2D eigenvalue weighted by atomic mass is 10.2. The van der Waals surface area contributed by atoms with Crippen molar-refractivity contribution in [3.63, 3.8) is 0 Å². The van der Waals surface area contributed by atoms with Crippen molar-refractivity contribution in [2.45, 2.75) is 19.8 Å². The molecular formula is C20H19N5OS. The van der Waals surface area contributed by atoms with Crippen molar-refractivity contribution in [2.24, 2.45) is 0 Å². The molecule has 1 saturated heterocycles. The van der Waals surface area contributed by atoms with E-state index in [-0.39, 0.29) is 5.91 Å². The minimum Gasteiger partial charge on any atom is -0.339 e. The summed E-state index contributed by atoms with van der Waals surface area (Å²) in [6.45, 7) is 3.66. The predicted molar refractivity (Wildman–Crippen MR) is 106 cm³/mol. The van der Waals surface area contributed by atoms with E-state index in [1.165, 1.54) is 0 Å². The van der Waals surface area contributed by atoms with Crippen LogP contribution in [0.5, 0.6) is 0 Å². The second kappa shape index (κ2) is 6.35. The van der Waals surface area contributed by atoms with E-state index in [4.69, 9.17) is 4.98 Å². The maximum absolute atomic E-state index is 13.0. The third kappa shape index (κ3) is 2.66. The van der Waals surface area contributed by atoms with E-state index in [1.54, 1.807) is 17.5 Å². The molecule has 0 atom stereocenters. The topological polar surface area (TPSA) is 55.4 Å². The van der Waals surface area contributed by atoms with Crippen LogP contribution in [0.25, 0.3) is 22.0 Å². The molecule has 0 radical (unpaired) electrons. The highest BCUT2D eigenvalue weighted by atomic mass is 32.1. The molecule has 1 aliphatic rings.